The highest BCUT2D eigenvalue weighted by Gasteiger charge is 2.37. The Bertz CT molecular complexity index is 1040. The number of alkyl halides is 3. The first-order valence-corrected chi connectivity index (χ1v) is 11.8. The normalized spacial score (nSPS) is 14.2. The summed E-state index contributed by atoms with van der Waals surface area (Å²) >= 11 is 19.7. The molecule has 0 unspecified atom stereocenters. The lowest BCUT2D eigenvalue weighted by atomic mass is 9.95. The fraction of sp³-hybridized carbons (Fsp3) is 0.400. The van der Waals surface area contributed by atoms with Crippen LogP contribution in [0.4, 0.5) is 10.7 Å². The van der Waals surface area contributed by atoms with E-state index < -0.39 is 26.8 Å². The maximum Gasteiger partial charge on any atom is 0.341 e. The molecule has 1 aromatic heterocycles. The van der Waals surface area contributed by atoms with E-state index in [2.05, 4.69) is 10.6 Å². The van der Waals surface area contributed by atoms with E-state index in [0.29, 0.717) is 10.6 Å². The number of carbonyl (C=O) groups is 2. The minimum atomic E-state index is -2.03. The van der Waals surface area contributed by atoms with Gasteiger partial charge >= 0.3 is 5.97 Å². The fourth-order valence-electron chi connectivity index (χ4n) is 3.45. The molecular weight excluding hydrogens is 501 g/mol. The molecule has 0 saturated heterocycles. The molecule has 0 fully saturated rings. The molecule has 1 aliphatic rings. The summed E-state index contributed by atoms with van der Waals surface area (Å²) in [4.78, 5) is 37.1. The van der Waals surface area contributed by atoms with Gasteiger partial charge in [-0.05, 0) is 44.2 Å². The number of para-hydroxylation sites is 1. The lowest BCUT2D eigenvalue weighted by molar-refractivity contribution is -0.385. The third-order valence-corrected chi connectivity index (χ3v) is 6.75. The molecule has 1 atom stereocenters. The molecule has 32 heavy (non-hydrogen) atoms. The Hall–Kier alpha value is -2.07. The van der Waals surface area contributed by atoms with Gasteiger partial charge in [0, 0.05) is 10.9 Å². The van der Waals surface area contributed by atoms with Crippen LogP contribution < -0.4 is 10.6 Å². The number of amides is 1. The summed E-state index contributed by atoms with van der Waals surface area (Å²) in [5.74, 6) is -1.30. The number of esters is 1. The quantitative estimate of drug-likeness (QED) is 0.170. The van der Waals surface area contributed by atoms with Gasteiger partial charge in [-0.15, -0.1) is 11.3 Å². The molecule has 0 spiro atoms. The van der Waals surface area contributed by atoms with Crippen LogP contribution in [0.3, 0.4) is 0 Å². The third kappa shape index (κ3) is 5.46. The predicted molar refractivity (Wildman–Crippen MR) is 125 cm³/mol. The number of ether oxygens (including phenoxy) is 1. The minimum Gasteiger partial charge on any atom is -0.462 e. The molecule has 0 radical (unpaired) electrons. The van der Waals surface area contributed by atoms with E-state index in [1.165, 1.54) is 35.6 Å². The van der Waals surface area contributed by atoms with Crippen LogP contribution in [-0.4, -0.2) is 33.4 Å². The average Bonchev–Trinajstić information content (AvgIpc) is 3.10. The number of halogens is 3. The lowest BCUT2D eigenvalue weighted by Crippen LogP contribution is -2.49. The summed E-state index contributed by atoms with van der Waals surface area (Å²) in [5, 5.41) is 17.1. The van der Waals surface area contributed by atoms with Gasteiger partial charge in [0.05, 0.1) is 17.1 Å². The van der Waals surface area contributed by atoms with Gasteiger partial charge in [-0.25, -0.2) is 4.79 Å². The Labute approximate surface area is 203 Å². The van der Waals surface area contributed by atoms with Gasteiger partial charge in [0.2, 0.25) is 3.79 Å². The zero-order chi connectivity index (χ0) is 23.5. The molecule has 1 amide bonds. The van der Waals surface area contributed by atoms with Crippen LogP contribution in [-0.2, 0) is 17.6 Å². The lowest BCUT2D eigenvalue weighted by Gasteiger charge is -2.27. The van der Waals surface area contributed by atoms with Crippen molar-refractivity contribution in [1.29, 1.82) is 0 Å². The third-order valence-electron chi connectivity index (χ3n) is 4.87. The van der Waals surface area contributed by atoms with Gasteiger partial charge in [0.15, 0.2) is 0 Å². The smallest absolute Gasteiger partial charge is 0.341 e. The Morgan fingerprint density at radius 1 is 1.25 bits per heavy atom. The number of nitrogens with one attached hydrogen (secondary N) is 2. The molecule has 1 aromatic carbocycles. The minimum absolute atomic E-state index is 0.186. The average molecular weight is 521 g/mol. The molecule has 1 aliphatic carbocycles. The number of hydrogen-bond acceptors (Lipinski definition) is 7. The van der Waals surface area contributed by atoms with Crippen molar-refractivity contribution in [3.05, 3.63) is 55.9 Å². The number of anilines is 1. The number of hydrogen-bond donors (Lipinski definition) is 2. The predicted octanol–water partition coefficient (Wildman–Crippen LogP) is 5.25. The van der Waals surface area contributed by atoms with Gasteiger partial charge in [0.25, 0.3) is 11.6 Å². The number of aryl methyl sites for hydroxylation is 1. The Morgan fingerprint density at radius 3 is 2.59 bits per heavy atom. The van der Waals surface area contributed by atoms with Crippen LogP contribution in [0.15, 0.2) is 24.3 Å². The maximum atomic E-state index is 12.8. The van der Waals surface area contributed by atoms with Crippen LogP contribution in [0.5, 0.6) is 0 Å². The number of nitro groups is 1. The summed E-state index contributed by atoms with van der Waals surface area (Å²) in [5.41, 5.74) is 0.697. The first-order valence-electron chi connectivity index (χ1n) is 9.82. The number of carbonyl (C=O) groups excluding carboxylic acids is 2. The number of thiophene rings is 1. The van der Waals surface area contributed by atoms with E-state index in [1.807, 2.05) is 0 Å². The molecule has 0 bridgehead atoms. The van der Waals surface area contributed by atoms with Gasteiger partial charge in [0.1, 0.15) is 16.7 Å². The highest BCUT2D eigenvalue weighted by molar-refractivity contribution is 7.16. The van der Waals surface area contributed by atoms with Crippen molar-refractivity contribution < 1.29 is 19.2 Å². The molecule has 2 aromatic rings. The molecule has 12 heteroatoms. The van der Waals surface area contributed by atoms with E-state index in [-0.39, 0.29) is 17.9 Å². The molecule has 8 nitrogen and oxygen atoms in total. The number of benzene rings is 1. The van der Waals surface area contributed by atoms with Crippen molar-refractivity contribution in [3.8, 4) is 0 Å². The highest BCUT2D eigenvalue weighted by atomic mass is 35.6. The van der Waals surface area contributed by atoms with Crippen molar-refractivity contribution >= 4 is 68.7 Å². The number of rotatable bonds is 7. The van der Waals surface area contributed by atoms with E-state index in [1.54, 1.807) is 6.92 Å². The second kappa shape index (κ2) is 10.2. The molecule has 2 N–H and O–H groups in total. The first-order chi connectivity index (χ1) is 15.1. The fourth-order valence-corrected chi connectivity index (χ4v) is 5.08. The van der Waals surface area contributed by atoms with Gasteiger partial charge in [-0.2, -0.15) is 0 Å². The number of fused-ring (bicyclic) bond motifs is 1. The first kappa shape index (κ1) is 24.6. The van der Waals surface area contributed by atoms with Crippen LogP contribution in [0.25, 0.3) is 0 Å². The second-order valence-corrected chi connectivity index (χ2v) is 10.5. The van der Waals surface area contributed by atoms with E-state index in [4.69, 9.17) is 39.5 Å². The zero-order valence-electron chi connectivity index (χ0n) is 17.0. The SMILES string of the molecule is CCOC(=O)c1c(N[C@H](NC(=O)c2ccccc2[N+](=O)[O-])C(Cl)(Cl)Cl)sc2c1CCCC2. The Morgan fingerprint density at radius 2 is 1.94 bits per heavy atom. The molecular formula is C20H20Cl3N3O5S. The summed E-state index contributed by atoms with van der Waals surface area (Å²) in [6, 6.07) is 5.45. The van der Waals surface area contributed by atoms with Crippen LogP contribution >= 0.6 is 46.1 Å². The molecule has 0 saturated carbocycles. The van der Waals surface area contributed by atoms with E-state index in [9.17, 15) is 19.7 Å². The van der Waals surface area contributed by atoms with E-state index in [0.717, 1.165) is 36.1 Å². The van der Waals surface area contributed by atoms with Gasteiger partial charge in [-0.3, -0.25) is 14.9 Å². The standard InChI is InChI=1S/C20H20Cl3N3O5S/c1-2-31-18(28)15-12-8-4-6-10-14(12)32-17(15)25-19(20(21,22)23)24-16(27)11-7-3-5-9-13(11)26(29)30/h3,5,7,9,19,25H,2,4,6,8,10H2,1H3,(H,24,27)/t19-/m0/s1. The zero-order valence-corrected chi connectivity index (χ0v) is 20.0. The van der Waals surface area contributed by atoms with Crippen LogP contribution in [0.2, 0.25) is 0 Å². The van der Waals surface area contributed by atoms with Crippen molar-refractivity contribution in [1.82, 2.24) is 5.32 Å². The largest absolute Gasteiger partial charge is 0.462 e. The second-order valence-electron chi connectivity index (χ2n) is 7.00. The summed E-state index contributed by atoms with van der Waals surface area (Å²) in [6.45, 7) is 1.91. The Balaban J connectivity index is 1.94. The summed E-state index contributed by atoms with van der Waals surface area (Å²) in [7, 11) is 0. The topological polar surface area (TPSA) is 111 Å². The number of nitrogens with zero attached hydrogens (tertiary/aromatic N) is 1. The molecule has 3 rings (SSSR count). The van der Waals surface area contributed by atoms with Gasteiger partial charge < -0.3 is 15.4 Å². The maximum absolute atomic E-state index is 12.8. The van der Waals surface area contributed by atoms with Crippen molar-refractivity contribution in [2.75, 3.05) is 11.9 Å². The molecule has 1 heterocycles. The van der Waals surface area contributed by atoms with Crippen molar-refractivity contribution in [3.63, 3.8) is 0 Å². The van der Waals surface area contributed by atoms with Gasteiger partial charge in [-0.1, -0.05) is 46.9 Å². The Kier molecular flexibility index (Phi) is 7.87. The van der Waals surface area contributed by atoms with Crippen LogP contribution in [0.1, 0.15) is 50.9 Å². The van der Waals surface area contributed by atoms with Crippen LogP contribution in [0, 0.1) is 10.1 Å². The van der Waals surface area contributed by atoms with Crippen molar-refractivity contribution in [2.24, 2.45) is 0 Å². The number of nitro benzene ring substituents is 1. The highest BCUT2D eigenvalue weighted by Crippen LogP contribution is 2.41. The molecule has 172 valence electrons. The van der Waals surface area contributed by atoms with Crippen molar-refractivity contribution in [2.45, 2.75) is 42.6 Å². The molecule has 0 aliphatic heterocycles. The monoisotopic (exact) mass is 519 g/mol. The summed E-state index contributed by atoms with van der Waals surface area (Å²) < 4.78 is 3.19. The summed E-state index contributed by atoms with van der Waals surface area (Å²) in [6.07, 6.45) is 2.20. The van der Waals surface area contributed by atoms with E-state index >= 15 is 0 Å².